The third-order valence-corrected chi connectivity index (χ3v) is 1.82. The lowest BCUT2D eigenvalue weighted by Crippen LogP contribution is -2.36. The minimum atomic E-state index is -0.883. The normalized spacial score (nSPS) is 11.6. The molecule has 0 fully saturated rings. The molecule has 86 valence electrons. The van der Waals surface area contributed by atoms with E-state index >= 15 is 0 Å². The van der Waals surface area contributed by atoms with Crippen LogP contribution in [0.5, 0.6) is 0 Å². The number of carboxylic acid groups (broad SMARTS) is 1. The molecular weight excluding hydrogens is 200 g/mol. The number of hydrogen-bond acceptors (Lipinski definition) is 3. The molecule has 1 atom stereocenters. The molecule has 1 unspecified atom stereocenters. The molecule has 0 aromatic heterocycles. The van der Waals surface area contributed by atoms with Gasteiger partial charge in [-0.25, -0.2) is 0 Å². The molecule has 0 aliphatic carbocycles. The standard InChI is InChI=1S/C9H16N2O4/c1-6(9(14)15)3-4-10-8(13)5-11-7(2)12/h6H,3-5H2,1-2H3,(H,10,13)(H,11,12)(H,14,15). The van der Waals surface area contributed by atoms with Crippen LogP contribution >= 0.6 is 0 Å². The predicted molar refractivity (Wildman–Crippen MR) is 53.1 cm³/mol. The third kappa shape index (κ3) is 7.48. The van der Waals surface area contributed by atoms with Gasteiger partial charge in [-0.3, -0.25) is 14.4 Å². The van der Waals surface area contributed by atoms with E-state index in [9.17, 15) is 14.4 Å². The van der Waals surface area contributed by atoms with Crippen molar-refractivity contribution in [2.45, 2.75) is 20.3 Å². The second-order valence-corrected chi connectivity index (χ2v) is 3.29. The molecule has 0 aliphatic rings. The Morgan fingerprint density at radius 2 is 1.87 bits per heavy atom. The summed E-state index contributed by atoms with van der Waals surface area (Å²) in [6.07, 6.45) is 0.376. The zero-order valence-corrected chi connectivity index (χ0v) is 8.87. The molecule has 0 spiro atoms. The van der Waals surface area contributed by atoms with E-state index in [1.807, 2.05) is 0 Å². The maximum absolute atomic E-state index is 11.0. The van der Waals surface area contributed by atoms with Crippen molar-refractivity contribution in [1.82, 2.24) is 10.6 Å². The van der Waals surface area contributed by atoms with E-state index < -0.39 is 11.9 Å². The quantitative estimate of drug-likeness (QED) is 0.549. The lowest BCUT2D eigenvalue weighted by atomic mass is 10.1. The highest BCUT2D eigenvalue weighted by Gasteiger charge is 2.10. The van der Waals surface area contributed by atoms with Crippen LogP contribution in [0.3, 0.4) is 0 Å². The summed E-state index contributed by atoms with van der Waals surface area (Å²) in [6, 6.07) is 0. The average molecular weight is 216 g/mol. The molecule has 0 aliphatic heterocycles. The number of aliphatic carboxylic acids is 1. The van der Waals surface area contributed by atoms with Gasteiger partial charge in [-0.05, 0) is 6.42 Å². The Morgan fingerprint density at radius 1 is 1.27 bits per heavy atom. The fourth-order valence-corrected chi connectivity index (χ4v) is 0.819. The van der Waals surface area contributed by atoms with Crippen LogP contribution in [0.2, 0.25) is 0 Å². The highest BCUT2D eigenvalue weighted by molar-refractivity contribution is 5.83. The number of carboxylic acids is 1. The lowest BCUT2D eigenvalue weighted by Gasteiger charge is -2.07. The fraction of sp³-hybridized carbons (Fsp3) is 0.667. The minimum absolute atomic E-state index is 0.0726. The summed E-state index contributed by atoms with van der Waals surface area (Å²) in [5, 5.41) is 13.4. The molecule has 3 N–H and O–H groups in total. The van der Waals surface area contributed by atoms with E-state index in [1.165, 1.54) is 6.92 Å². The molecule has 15 heavy (non-hydrogen) atoms. The zero-order chi connectivity index (χ0) is 11.8. The van der Waals surface area contributed by atoms with Gasteiger partial charge in [-0.1, -0.05) is 6.92 Å². The Bertz CT molecular complexity index is 252. The summed E-state index contributed by atoms with van der Waals surface area (Å²) in [7, 11) is 0. The summed E-state index contributed by atoms with van der Waals surface area (Å²) in [5.74, 6) is -1.95. The van der Waals surface area contributed by atoms with Gasteiger partial charge in [0, 0.05) is 13.5 Å². The molecule has 0 bridgehead atoms. The third-order valence-electron chi connectivity index (χ3n) is 1.82. The topological polar surface area (TPSA) is 95.5 Å². The first-order valence-electron chi connectivity index (χ1n) is 4.67. The van der Waals surface area contributed by atoms with E-state index in [1.54, 1.807) is 6.92 Å². The number of carbonyl (C=O) groups excluding carboxylic acids is 2. The maximum atomic E-state index is 11.0. The molecule has 6 heteroatoms. The van der Waals surface area contributed by atoms with Gasteiger partial charge in [0.25, 0.3) is 0 Å². The molecule has 2 amide bonds. The number of nitrogens with one attached hydrogen (secondary N) is 2. The summed E-state index contributed by atoms with van der Waals surface area (Å²) < 4.78 is 0. The van der Waals surface area contributed by atoms with Gasteiger partial charge in [0.1, 0.15) is 0 Å². The Hall–Kier alpha value is -1.59. The van der Waals surface area contributed by atoms with Crippen LogP contribution in [0, 0.1) is 5.92 Å². The summed E-state index contributed by atoms with van der Waals surface area (Å²) in [4.78, 5) is 31.9. The van der Waals surface area contributed by atoms with Crippen LogP contribution in [0.25, 0.3) is 0 Å². The monoisotopic (exact) mass is 216 g/mol. The van der Waals surface area contributed by atoms with Gasteiger partial charge < -0.3 is 15.7 Å². The molecule has 0 saturated carbocycles. The van der Waals surface area contributed by atoms with E-state index in [-0.39, 0.29) is 18.4 Å². The van der Waals surface area contributed by atoms with Crippen LogP contribution < -0.4 is 10.6 Å². The summed E-state index contributed by atoms with van der Waals surface area (Å²) >= 11 is 0. The van der Waals surface area contributed by atoms with Gasteiger partial charge in [-0.15, -0.1) is 0 Å². The van der Waals surface area contributed by atoms with Crippen molar-refractivity contribution in [2.75, 3.05) is 13.1 Å². The van der Waals surface area contributed by atoms with E-state index in [4.69, 9.17) is 5.11 Å². The zero-order valence-electron chi connectivity index (χ0n) is 8.87. The highest BCUT2D eigenvalue weighted by Crippen LogP contribution is 1.99. The smallest absolute Gasteiger partial charge is 0.306 e. The lowest BCUT2D eigenvalue weighted by molar-refractivity contribution is -0.141. The van der Waals surface area contributed by atoms with E-state index in [0.717, 1.165) is 0 Å². The SMILES string of the molecule is CC(=O)NCC(=O)NCCC(C)C(=O)O. The van der Waals surface area contributed by atoms with Crippen LogP contribution in [0.1, 0.15) is 20.3 Å². The first-order chi connectivity index (χ1) is 6.93. The Labute approximate surface area is 88.0 Å². The maximum Gasteiger partial charge on any atom is 0.306 e. The Kier molecular flexibility index (Phi) is 6.08. The van der Waals surface area contributed by atoms with Crippen LogP contribution in [-0.4, -0.2) is 36.0 Å². The first-order valence-corrected chi connectivity index (χ1v) is 4.67. The van der Waals surface area contributed by atoms with Gasteiger partial charge >= 0.3 is 5.97 Å². The van der Waals surface area contributed by atoms with Gasteiger partial charge in [-0.2, -0.15) is 0 Å². The van der Waals surface area contributed by atoms with Crippen molar-refractivity contribution in [3.05, 3.63) is 0 Å². The van der Waals surface area contributed by atoms with Crippen LogP contribution in [0.4, 0.5) is 0 Å². The van der Waals surface area contributed by atoms with Crippen molar-refractivity contribution < 1.29 is 19.5 Å². The summed E-state index contributed by atoms with van der Waals surface area (Å²) in [5.41, 5.74) is 0. The Balaban J connectivity index is 3.55. The molecule has 0 rings (SSSR count). The molecule has 6 nitrogen and oxygen atoms in total. The van der Waals surface area contributed by atoms with Crippen molar-refractivity contribution in [3.63, 3.8) is 0 Å². The van der Waals surface area contributed by atoms with Crippen molar-refractivity contribution in [2.24, 2.45) is 5.92 Å². The minimum Gasteiger partial charge on any atom is -0.481 e. The molecule has 0 aromatic carbocycles. The van der Waals surface area contributed by atoms with Gasteiger partial charge in [0.15, 0.2) is 0 Å². The van der Waals surface area contributed by atoms with Crippen molar-refractivity contribution in [1.29, 1.82) is 0 Å². The van der Waals surface area contributed by atoms with Crippen LogP contribution in [-0.2, 0) is 14.4 Å². The predicted octanol–water partition coefficient (Wildman–Crippen LogP) is -0.650. The van der Waals surface area contributed by atoms with Crippen LogP contribution in [0.15, 0.2) is 0 Å². The van der Waals surface area contributed by atoms with E-state index in [2.05, 4.69) is 10.6 Å². The number of amides is 2. The van der Waals surface area contributed by atoms with Crippen molar-refractivity contribution in [3.8, 4) is 0 Å². The number of rotatable bonds is 6. The molecule has 0 saturated heterocycles. The first kappa shape index (κ1) is 13.4. The largest absolute Gasteiger partial charge is 0.481 e. The Morgan fingerprint density at radius 3 is 2.33 bits per heavy atom. The number of carbonyl (C=O) groups is 3. The highest BCUT2D eigenvalue weighted by atomic mass is 16.4. The second kappa shape index (κ2) is 6.80. The molecule has 0 radical (unpaired) electrons. The van der Waals surface area contributed by atoms with Gasteiger partial charge in [0.05, 0.1) is 12.5 Å². The second-order valence-electron chi connectivity index (χ2n) is 3.29. The van der Waals surface area contributed by atoms with Gasteiger partial charge in [0.2, 0.25) is 11.8 Å². The average Bonchev–Trinajstić information content (AvgIpc) is 2.14. The summed E-state index contributed by atoms with van der Waals surface area (Å²) in [6.45, 7) is 3.12. The molecular formula is C9H16N2O4. The van der Waals surface area contributed by atoms with Crippen molar-refractivity contribution >= 4 is 17.8 Å². The van der Waals surface area contributed by atoms with E-state index in [0.29, 0.717) is 13.0 Å². The molecule has 0 heterocycles. The fourth-order valence-electron chi connectivity index (χ4n) is 0.819. The molecule has 0 aromatic rings. The number of hydrogen-bond donors (Lipinski definition) is 3.